The van der Waals surface area contributed by atoms with Gasteiger partial charge in [-0.1, -0.05) is 0 Å². The Hall–Kier alpha value is -1.75. The van der Waals surface area contributed by atoms with Crippen molar-refractivity contribution in [1.29, 1.82) is 0 Å². The van der Waals surface area contributed by atoms with Crippen LogP contribution in [0.2, 0.25) is 0 Å². The maximum absolute atomic E-state index is 10.7. The first-order chi connectivity index (χ1) is 7.11. The molecule has 0 aliphatic carbocycles. The van der Waals surface area contributed by atoms with Crippen LogP contribution in [0, 0.1) is 0 Å². The number of phenolic OH excluding ortho intramolecular Hbond substituents is 1. The molecule has 80 valence electrons. The predicted octanol–water partition coefficient (Wildman–Crippen LogP) is 0.386. The van der Waals surface area contributed by atoms with E-state index in [4.69, 9.17) is 14.9 Å². The standard InChI is InChI=1S/C10H10O5/c11-4-6-3-7-8(12)1-5(10(13)14)2-9(7)15-6/h1-2,6,11-12H,3-4H2,(H,13,14). The van der Waals surface area contributed by atoms with Gasteiger partial charge in [-0.05, 0) is 12.1 Å². The van der Waals surface area contributed by atoms with Crippen molar-refractivity contribution in [1.82, 2.24) is 0 Å². The summed E-state index contributed by atoms with van der Waals surface area (Å²) in [6.45, 7) is -0.156. The topological polar surface area (TPSA) is 87.0 Å². The van der Waals surface area contributed by atoms with Gasteiger partial charge in [0.25, 0.3) is 0 Å². The van der Waals surface area contributed by atoms with Crippen LogP contribution in [0.1, 0.15) is 15.9 Å². The van der Waals surface area contributed by atoms with Crippen molar-refractivity contribution >= 4 is 5.97 Å². The molecule has 5 heteroatoms. The number of aromatic carboxylic acids is 1. The van der Waals surface area contributed by atoms with Crippen molar-refractivity contribution in [3.8, 4) is 11.5 Å². The number of aliphatic hydroxyl groups excluding tert-OH is 1. The van der Waals surface area contributed by atoms with E-state index >= 15 is 0 Å². The van der Waals surface area contributed by atoms with Crippen LogP contribution in [0.4, 0.5) is 0 Å². The van der Waals surface area contributed by atoms with Crippen LogP contribution >= 0.6 is 0 Å². The average Bonchev–Trinajstić information content (AvgIpc) is 2.61. The third-order valence-electron chi connectivity index (χ3n) is 2.36. The lowest BCUT2D eigenvalue weighted by atomic mass is 10.1. The molecule has 0 saturated carbocycles. The van der Waals surface area contributed by atoms with E-state index in [0.29, 0.717) is 17.7 Å². The zero-order chi connectivity index (χ0) is 11.0. The van der Waals surface area contributed by atoms with Crippen LogP contribution in [0.15, 0.2) is 12.1 Å². The highest BCUT2D eigenvalue weighted by Crippen LogP contribution is 2.36. The van der Waals surface area contributed by atoms with E-state index in [1.54, 1.807) is 0 Å². The molecule has 5 nitrogen and oxygen atoms in total. The van der Waals surface area contributed by atoms with Crippen molar-refractivity contribution in [3.63, 3.8) is 0 Å². The highest BCUT2D eigenvalue weighted by atomic mass is 16.5. The molecule has 0 bridgehead atoms. The quantitative estimate of drug-likeness (QED) is 0.657. The highest BCUT2D eigenvalue weighted by Gasteiger charge is 2.26. The number of carboxylic acid groups (broad SMARTS) is 1. The fourth-order valence-corrected chi connectivity index (χ4v) is 1.62. The fraction of sp³-hybridized carbons (Fsp3) is 0.300. The summed E-state index contributed by atoms with van der Waals surface area (Å²) < 4.78 is 5.25. The zero-order valence-corrected chi connectivity index (χ0v) is 7.80. The van der Waals surface area contributed by atoms with E-state index < -0.39 is 12.1 Å². The van der Waals surface area contributed by atoms with Gasteiger partial charge in [-0.2, -0.15) is 0 Å². The molecule has 1 unspecified atom stereocenters. The Morgan fingerprint density at radius 1 is 1.53 bits per heavy atom. The fourth-order valence-electron chi connectivity index (χ4n) is 1.62. The molecule has 0 fully saturated rings. The first kappa shape index (κ1) is 9.79. The number of ether oxygens (including phenoxy) is 1. The molecule has 1 aliphatic heterocycles. The number of phenols is 1. The Bertz CT molecular complexity index is 413. The molecule has 1 heterocycles. The van der Waals surface area contributed by atoms with Gasteiger partial charge in [0, 0.05) is 12.0 Å². The third kappa shape index (κ3) is 1.61. The number of hydrogen-bond donors (Lipinski definition) is 3. The van der Waals surface area contributed by atoms with Crippen molar-refractivity contribution in [2.75, 3.05) is 6.61 Å². The number of aliphatic hydroxyl groups is 1. The zero-order valence-electron chi connectivity index (χ0n) is 7.80. The van der Waals surface area contributed by atoms with Gasteiger partial charge >= 0.3 is 5.97 Å². The van der Waals surface area contributed by atoms with Gasteiger partial charge < -0.3 is 20.1 Å². The summed E-state index contributed by atoms with van der Waals surface area (Å²) in [5.41, 5.74) is 0.531. The third-order valence-corrected chi connectivity index (χ3v) is 2.36. The van der Waals surface area contributed by atoms with E-state index in [9.17, 15) is 9.90 Å². The molecule has 0 amide bonds. The number of hydrogen-bond acceptors (Lipinski definition) is 4. The molecular weight excluding hydrogens is 200 g/mol. The largest absolute Gasteiger partial charge is 0.508 e. The summed E-state index contributed by atoms with van der Waals surface area (Å²) in [5, 5.41) is 27.2. The summed E-state index contributed by atoms with van der Waals surface area (Å²) >= 11 is 0. The van der Waals surface area contributed by atoms with Gasteiger partial charge in [0.1, 0.15) is 17.6 Å². The van der Waals surface area contributed by atoms with Crippen LogP contribution < -0.4 is 4.74 Å². The van der Waals surface area contributed by atoms with E-state index in [1.807, 2.05) is 0 Å². The minimum absolute atomic E-state index is 0.0233. The molecule has 0 saturated heterocycles. The molecule has 2 rings (SSSR count). The number of rotatable bonds is 2. The molecule has 0 radical (unpaired) electrons. The number of aromatic hydroxyl groups is 1. The van der Waals surface area contributed by atoms with E-state index in [-0.39, 0.29) is 17.9 Å². The molecule has 0 aromatic heterocycles. The van der Waals surface area contributed by atoms with Gasteiger partial charge in [-0.3, -0.25) is 0 Å². The van der Waals surface area contributed by atoms with Crippen LogP contribution in [-0.4, -0.2) is 34.0 Å². The van der Waals surface area contributed by atoms with Crippen molar-refractivity contribution in [2.24, 2.45) is 0 Å². The second-order valence-corrected chi connectivity index (χ2v) is 3.40. The Morgan fingerprint density at radius 2 is 2.27 bits per heavy atom. The first-order valence-corrected chi connectivity index (χ1v) is 4.48. The lowest BCUT2D eigenvalue weighted by Crippen LogP contribution is -2.17. The molecule has 1 aromatic rings. The van der Waals surface area contributed by atoms with Crippen LogP contribution in [-0.2, 0) is 6.42 Å². The maximum atomic E-state index is 10.7. The monoisotopic (exact) mass is 210 g/mol. The minimum Gasteiger partial charge on any atom is -0.508 e. The van der Waals surface area contributed by atoms with E-state index in [2.05, 4.69) is 0 Å². The Balaban J connectivity index is 2.42. The van der Waals surface area contributed by atoms with Crippen LogP contribution in [0.3, 0.4) is 0 Å². The van der Waals surface area contributed by atoms with Crippen molar-refractivity contribution in [2.45, 2.75) is 12.5 Å². The Labute approximate surface area is 85.5 Å². The van der Waals surface area contributed by atoms with Crippen LogP contribution in [0.25, 0.3) is 0 Å². The van der Waals surface area contributed by atoms with Gasteiger partial charge in [-0.25, -0.2) is 4.79 Å². The Morgan fingerprint density at radius 3 is 2.87 bits per heavy atom. The average molecular weight is 210 g/mol. The van der Waals surface area contributed by atoms with Crippen molar-refractivity contribution < 1.29 is 24.9 Å². The molecule has 3 N–H and O–H groups in total. The van der Waals surface area contributed by atoms with E-state index in [0.717, 1.165) is 0 Å². The molecule has 1 aliphatic rings. The van der Waals surface area contributed by atoms with E-state index in [1.165, 1.54) is 12.1 Å². The predicted molar refractivity (Wildman–Crippen MR) is 50.3 cm³/mol. The van der Waals surface area contributed by atoms with Gasteiger partial charge in [0.15, 0.2) is 0 Å². The summed E-state index contributed by atoms with van der Waals surface area (Å²) in [6, 6.07) is 2.54. The molecule has 0 spiro atoms. The van der Waals surface area contributed by atoms with Gasteiger partial charge in [0.2, 0.25) is 0 Å². The lowest BCUT2D eigenvalue weighted by Gasteiger charge is -2.05. The smallest absolute Gasteiger partial charge is 0.335 e. The van der Waals surface area contributed by atoms with Gasteiger partial charge in [0.05, 0.1) is 12.2 Å². The highest BCUT2D eigenvalue weighted by molar-refractivity contribution is 5.89. The summed E-state index contributed by atoms with van der Waals surface area (Å²) in [6.07, 6.45) is 0.00679. The number of benzene rings is 1. The number of fused-ring (bicyclic) bond motifs is 1. The number of carboxylic acids is 1. The minimum atomic E-state index is -1.12. The van der Waals surface area contributed by atoms with Gasteiger partial charge in [-0.15, -0.1) is 0 Å². The normalized spacial score (nSPS) is 18.3. The van der Waals surface area contributed by atoms with Crippen LogP contribution in [0.5, 0.6) is 11.5 Å². The Kier molecular flexibility index (Phi) is 2.24. The lowest BCUT2D eigenvalue weighted by molar-refractivity contribution is 0.0695. The SMILES string of the molecule is O=C(O)c1cc(O)c2c(c1)OC(CO)C2. The molecule has 1 atom stereocenters. The summed E-state index contributed by atoms with van der Waals surface area (Å²) in [5.74, 6) is -0.878. The van der Waals surface area contributed by atoms with Crippen molar-refractivity contribution in [3.05, 3.63) is 23.3 Å². The first-order valence-electron chi connectivity index (χ1n) is 4.48. The summed E-state index contributed by atoms with van der Waals surface area (Å²) in [4.78, 5) is 10.7. The summed E-state index contributed by atoms with van der Waals surface area (Å²) in [7, 11) is 0. The maximum Gasteiger partial charge on any atom is 0.335 e. The molecule has 1 aromatic carbocycles. The second-order valence-electron chi connectivity index (χ2n) is 3.40. The molecular formula is C10H10O5. The molecule has 15 heavy (non-hydrogen) atoms. The number of carbonyl (C=O) groups is 1. The second kappa shape index (κ2) is 3.43.